The Bertz CT molecular complexity index is 267. The van der Waals surface area contributed by atoms with E-state index in [0.717, 1.165) is 0 Å². The number of alkyl halides is 1. The largest absolute Gasteiger partial charge is 0.259 e. The van der Waals surface area contributed by atoms with E-state index < -0.39 is 0 Å². The molecule has 0 aliphatic carbocycles. The molecule has 0 fully saturated rings. The quantitative estimate of drug-likeness (QED) is 0.634. The number of hydrogen-bond donors (Lipinski definition) is 0. The molecule has 0 radical (unpaired) electrons. The van der Waals surface area contributed by atoms with E-state index in [1.54, 1.807) is 18.3 Å². The van der Waals surface area contributed by atoms with Crippen LogP contribution in [-0.2, 0) is 5.88 Å². The average Bonchev–Trinajstić information content (AvgIpc) is 2.04. The van der Waals surface area contributed by atoms with E-state index in [1.807, 2.05) is 6.07 Å². The second kappa shape index (κ2) is 4.95. The van der Waals surface area contributed by atoms with Crippen LogP contribution in [0.5, 0.6) is 0 Å². The van der Waals surface area contributed by atoms with Gasteiger partial charge in [-0.05, 0) is 12.1 Å². The topological polar surface area (TPSA) is 36.7 Å². The Morgan fingerprint density at radius 1 is 1.64 bits per heavy atom. The molecule has 0 unspecified atom stereocenters. The molecule has 1 heterocycles. The fraction of sp³-hybridized carbons (Fsp3) is 0.143. The molecule has 0 spiro atoms. The second-order valence-electron chi connectivity index (χ2n) is 1.74. The standard InChI is InChI=1S/C7H5ClN2.ClH/c8-4-7-6(5-9)2-1-3-10-7;/h1-3H,4H2;1H. The van der Waals surface area contributed by atoms with Gasteiger partial charge in [-0.25, -0.2) is 0 Å². The first-order chi connectivity index (χ1) is 4.88. The lowest BCUT2D eigenvalue weighted by atomic mass is 10.2. The van der Waals surface area contributed by atoms with Crippen molar-refractivity contribution >= 4 is 24.0 Å². The molecule has 11 heavy (non-hydrogen) atoms. The molecular weight excluding hydrogens is 183 g/mol. The predicted molar refractivity (Wildman–Crippen MR) is 45.8 cm³/mol. The lowest BCUT2D eigenvalue weighted by Gasteiger charge is -1.93. The summed E-state index contributed by atoms with van der Waals surface area (Å²) in [4.78, 5) is 3.91. The predicted octanol–water partition coefficient (Wildman–Crippen LogP) is 2.11. The van der Waals surface area contributed by atoms with E-state index in [1.165, 1.54) is 0 Å². The molecule has 0 saturated heterocycles. The molecule has 58 valence electrons. The number of aromatic nitrogens is 1. The van der Waals surface area contributed by atoms with Crippen LogP contribution in [0.1, 0.15) is 11.3 Å². The molecule has 4 heteroatoms. The minimum absolute atomic E-state index is 0. The summed E-state index contributed by atoms with van der Waals surface area (Å²) in [5, 5.41) is 8.50. The summed E-state index contributed by atoms with van der Waals surface area (Å²) in [5.74, 6) is 0.295. The van der Waals surface area contributed by atoms with Gasteiger partial charge in [0.2, 0.25) is 0 Å². The van der Waals surface area contributed by atoms with Crippen molar-refractivity contribution in [2.24, 2.45) is 0 Å². The third-order valence-corrected chi connectivity index (χ3v) is 1.39. The molecule has 0 aromatic carbocycles. The summed E-state index contributed by atoms with van der Waals surface area (Å²) in [6.45, 7) is 0. The fourth-order valence-electron chi connectivity index (χ4n) is 0.646. The van der Waals surface area contributed by atoms with Gasteiger partial charge in [0.05, 0.1) is 17.1 Å². The Hall–Kier alpha value is -0.780. The molecule has 0 aliphatic heterocycles. The maximum Gasteiger partial charge on any atom is 0.101 e. The molecule has 0 amide bonds. The van der Waals surface area contributed by atoms with Gasteiger partial charge in [0, 0.05) is 6.20 Å². The van der Waals surface area contributed by atoms with Gasteiger partial charge in [-0.1, -0.05) is 0 Å². The summed E-state index contributed by atoms with van der Waals surface area (Å²) in [6, 6.07) is 5.42. The maximum atomic E-state index is 8.50. The Labute approximate surface area is 76.2 Å². The van der Waals surface area contributed by atoms with Crippen LogP contribution in [-0.4, -0.2) is 4.98 Å². The molecule has 0 N–H and O–H groups in total. The number of pyridine rings is 1. The van der Waals surface area contributed by atoms with E-state index in [9.17, 15) is 0 Å². The summed E-state index contributed by atoms with van der Waals surface area (Å²) >= 11 is 5.50. The first-order valence-corrected chi connectivity index (χ1v) is 3.32. The van der Waals surface area contributed by atoms with Crippen LogP contribution in [0.15, 0.2) is 18.3 Å². The lowest BCUT2D eigenvalue weighted by Crippen LogP contribution is -1.88. The zero-order chi connectivity index (χ0) is 7.40. The van der Waals surface area contributed by atoms with Crippen LogP contribution in [0.4, 0.5) is 0 Å². The van der Waals surface area contributed by atoms with Crippen LogP contribution in [0, 0.1) is 11.3 Å². The molecule has 1 aromatic heterocycles. The molecule has 0 bridgehead atoms. The van der Waals surface area contributed by atoms with E-state index in [2.05, 4.69) is 4.98 Å². The second-order valence-corrected chi connectivity index (χ2v) is 2.01. The normalized spacial score (nSPS) is 8.00. The Kier molecular flexibility index (Phi) is 4.60. The highest BCUT2D eigenvalue weighted by Gasteiger charge is 1.97. The highest BCUT2D eigenvalue weighted by atomic mass is 35.5. The lowest BCUT2D eigenvalue weighted by molar-refractivity contribution is 1.15. The first kappa shape index (κ1) is 10.2. The number of nitrogens with zero attached hydrogens (tertiary/aromatic N) is 2. The highest BCUT2D eigenvalue weighted by molar-refractivity contribution is 6.17. The molecule has 0 aliphatic rings. The van der Waals surface area contributed by atoms with Gasteiger partial charge in [0.1, 0.15) is 6.07 Å². The number of nitriles is 1. The van der Waals surface area contributed by atoms with Gasteiger partial charge < -0.3 is 0 Å². The zero-order valence-corrected chi connectivity index (χ0v) is 7.19. The van der Waals surface area contributed by atoms with Crippen molar-refractivity contribution < 1.29 is 0 Å². The smallest absolute Gasteiger partial charge is 0.101 e. The van der Waals surface area contributed by atoms with Crippen molar-refractivity contribution in [1.82, 2.24) is 4.98 Å². The molecule has 0 atom stereocenters. The van der Waals surface area contributed by atoms with Gasteiger partial charge in [0.25, 0.3) is 0 Å². The van der Waals surface area contributed by atoms with E-state index in [0.29, 0.717) is 17.1 Å². The van der Waals surface area contributed by atoms with E-state index >= 15 is 0 Å². The van der Waals surface area contributed by atoms with Crippen LogP contribution in [0.3, 0.4) is 0 Å². The minimum Gasteiger partial charge on any atom is -0.259 e. The Morgan fingerprint density at radius 2 is 2.36 bits per heavy atom. The van der Waals surface area contributed by atoms with Gasteiger partial charge in [-0.2, -0.15) is 5.26 Å². The third-order valence-electron chi connectivity index (χ3n) is 1.14. The van der Waals surface area contributed by atoms with Crippen molar-refractivity contribution in [3.63, 3.8) is 0 Å². The van der Waals surface area contributed by atoms with Crippen LogP contribution < -0.4 is 0 Å². The van der Waals surface area contributed by atoms with Crippen molar-refractivity contribution in [1.29, 1.82) is 5.26 Å². The molecule has 0 saturated carbocycles. The van der Waals surface area contributed by atoms with Crippen LogP contribution in [0.2, 0.25) is 0 Å². The van der Waals surface area contributed by atoms with Gasteiger partial charge in [-0.3, -0.25) is 4.98 Å². The van der Waals surface area contributed by atoms with Crippen LogP contribution >= 0.6 is 24.0 Å². The van der Waals surface area contributed by atoms with Crippen molar-refractivity contribution in [2.45, 2.75) is 5.88 Å². The summed E-state index contributed by atoms with van der Waals surface area (Å²) < 4.78 is 0. The minimum atomic E-state index is 0. The number of rotatable bonds is 1. The maximum absolute atomic E-state index is 8.50. The van der Waals surface area contributed by atoms with Gasteiger partial charge in [-0.15, -0.1) is 24.0 Å². The fourth-order valence-corrected chi connectivity index (χ4v) is 0.859. The molecule has 2 nitrogen and oxygen atoms in total. The van der Waals surface area contributed by atoms with E-state index in [-0.39, 0.29) is 12.4 Å². The summed E-state index contributed by atoms with van der Waals surface area (Å²) in [7, 11) is 0. The van der Waals surface area contributed by atoms with Crippen molar-refractivity contribution in [2.75, 3.05) is 0 Å². The van der Waals surface area contributed by atoms with Crippen LogP contribution in [0.25, 0.3) is 0 Å². The molecule has 1 aromatic rings. The van der Waals surface area contributed by atoms with Crippen molar-refractivity contribution in [3.8, 4) is 6.07 Å². The number of halogens is 2. The van der Waals surface area contributed by atoms with E-state index in [4.69, 9.17) is 16.9 Å². The molecular formula is C7H6Cl2N2. The average molecular weight is 189 g/mol. The monoisotopic (exact) mass is 188 g/mol. The SMILES string of the molecule is Cl.N#Cc1cccnc1CCl. The summed E-state index contributed by atoms with van der Waals surface area (Å²) in [5.41, 5.74) is 1.20. The first-order valence-electron chi connectivity index (χ1n) is 2.78. The third kappa shape index (κ3) is 2.38. The van der Waals surface area contributed by atoms with Gasteiger partial charge >= 0.3 is 0 Å². The van der Waals surface area contributed by atoms with Crippen molar-refractivity contribution in [3.05, 3.63) is 29.6 Å². The van der Waals surface area contributed by atoms with Gasteiger partial charge in [0.15, 0.2) is 0 Å². The Balaban J connectivity index is 0.000001000. The molecule has 1 rings (SSSR count). The number of hydrogen-bond acceptors (Lipinski definition) is 2. The Morgan fingerprint density at radius 3 is 2.82 bits per heavy atom. The zero-order valence-electron chi connectivity index (χ0n) is 5.62. The summed E-state index contributed by atoms with van der Waals surface area (Å²) in [6.07, 6.45) is 1.62. The highest BCUT2D eigenvalue weighted by Crippen LogP contribution is 2.05.